The molecule has 210 valence electrons. The van der Waals surface area contributed by atoms with Crippen LogP contribution < -0.4 is 10.1 Å². The van der Waals surface area contributed by atoms with Crippen LogP contribution in [0.4, 0.5) is 4.39 Å². The molecular weight excluding hydrogens is 491 g/mol. The number of halogens is 1. The number of fused-ring (bicyclic) bond motifs is 1. The zero-order valence-corrected chi connectivity index (χ0v) is 24.3. The first-order valence-electron chi connectivity index (χ1n) is 13.2. The van der Waals surface area contributed by atoms with E-state index in [-0.39, 0.29) is 13.1 Å². The van der Waals surface area contributed by atoms with Gasteiger partial charge in [-0.1, -0.05) is 55.8 Å². The van der Waals surface area contributed by atoms with Crippen molar-refractivity contribution in [1.29, 1.82) is 0 Å². The molecule has 39 heavy (non-hydrogen) atoms. The monoisotopic (exact) mass is 534 g/mol. The van der Waals surface area contributed by atoms with Gasteiger partial charge in [0.15, 0.2) is 0 Å². The van der Waals surface area contributed by atoms with Gasteiger partial charge in [-0.25, -0.2) is 4.39 Å². The number of aromatic nitrogens is 1. The van der Waals surface area contributed by atoms with Crippen molar-refractivity contribution in [2.75, 3.05) is 14.2 Å². The third-order valence-electron chi connectivity index (χ3n) is 6.42. The van der Waals surface area contributed by atoms with Gasteiger partial charge in [-0.3, -0.25) is 9.78 Å². The summed E-state index contributed by atoms with van der Waals surface area (Å²) in [5, 5.41) is 11.2. The zero-order chi connectivity index (χ0) is 29.2. The van der Waals surface area contributed by atoms with Gasteiger partial charge in [-0.2, -0.15) is 0 Å². The number of nitrogens with one attached hydrogen (secondary N) is 1. The van der Waals surface area contributed by atoms with E-state index >= 15 is 0 Å². The van der Waals surface area contributed by atoms with Gasteiger partial charge in [0.2, 0.25) is 0 Å². The van der Waals surface area contributed by atoms with E-state index in [9.17, 15) is 4.39 Å². The number of carboxylic acid groups (broad SMARTS) is 1. The van der Waals surface area contributed by atoms with Crippen molar-refractivity contribution in [3.05, 3.63) is 106 Å². The second kappa shape index (κ2) is 18.3. The molecular formula is C33H43FN2O3. The van der Waals surface area contributed by atoms with E-state index in [2.05, 4.69) is 81.3 Å². The third kappa shape index (κ3) is 10.8. The number of hydrogen-bond donors (Lipinski definition) is 2. The molecule has 1 heterocycles. The van der Waals surface area contributed by atoms with Crippen LogP contribution in [0.1, 0.15) is 56.9 Å². The molecule has 3 aromatic rings. The lowest BCUT2D eigenvalue weighted by atomic mass is 9.95. The summed E-state index contributed by atoms with van der Waals surface area (Å²) >= 11 is 0. The summed E-state index contributed by atoms with van der Waals surface area (Å²) in [6.45, 7) is 9.91. The molecule has 0 aliphatic heterocycles. The van der Waals surface area contributed by atoms with Gasteiger partial charge >= 0.3 is 0 Å². The fraction of sp³-hybridized carbons (Fsp3) is 0.333. The van der Waals surface area contributed by atoms with Crippen molar-refractivity contribution >= 4 is 17.4 Å². The molecule has 2 aromatic carbocycles. The highest BCUT2D eigenvalue weighted by molar-refractivity contribution is 5.85. The Hall–Kier alpha value is -3.93. The SMILES string of the molecule is C/C=C(C)/C(=C\C=C(/C)NC)Cc1ccnc2cc(CC)c(OC)cc12.CCc1cccc(CF)c1.O=CO. The van der Waals surface area contributed by atoms with Crippen molar-refractivity contribution in [1.82, 2.24) is 10.3 Å². The minimum Gasteiger partial charge on any atom is -0.496 e. The van der Waals surface area contributed by atoms with Crippen LogP contribution in [0.15, 0.2) is 83.7 Å². The molecule has 2 N–H and O–H groups in total. The van der Waals surface area contributed by atoms with Crippen LogP contribution in [-0.4, -0.2) is 30.7 Å². The van der Waals surface area contributed by atoms with E-state index in [1.807, 2.05) is 31.4 Å². The number of ether oxygens (including phenoxy) is 1. The van der Waals surface area contributed by atoms with E-state index in [0.717, 1.165) is 47.2 Å². The highest BCUT2D eigenvalue weighted by Crippen LogP contribution is 2.29. The van der Waals surface area contributed by atoms with Gasteiger partial charge in [0.05, 0.1) is 12.6 Å². The Morgan fingerprint density at radius 1 is 1.05 bits per heavy atom. The van der Waals surface area contributed by atoms with Crippen LogP contribution in [0.25, 0.3) is 10.9 Å². The molecule has 0 saturated carbocycles. The largest absolute Gasteiger partial charge is 0.496 e. The van der Waals surface area contributed by atoms with E-state index in [1.54, 1.807) is 13.2 Å². The van der Waals surface area contributed by atoms with E-state index in [4.69, 9.17) is 14.6 Å². The van der Waals surface area contributed by atoms with Gasteiger partial charge in [0.1, 0.15) is 12.4 Å². The zero-order valence-electron chi connectivity index (χ0n) is 24.3. The first kappa shape index (κ1) is 33.1. The van der Waals surface area contributed by atoms with Crippen LogP contribution in [0.2, 0.25) is 0 Å². The predicted molar refractivity (Wildman–Crippen MR) is 161 cm³/mol. The second-order valence-corrected chi connectivity index (χ2v) is 8.86. The number of hydrogen-bond acceptors (Lipinski definition) is 4. The molecule has 0 aliphatic carbocycles. The summed E-state index contributed by atoms with van der Waals surface area (Å²) in [4.78, 5) is 12.9. The normalized spacial score (nSPS) is 11.6. The van der Waals surface area contributed by atoms with Gasteiger partial charge < -0.3 is 15.2 Å². The number of methoxy groups -OCH3 is 1. The van der Waals surface area contributed by atoms with Crippen molar-refractivity contribution in [3.8, 4) is 5.75 Å². The number of allylic oxidation sites excluding steroid dienone is 6. The summed E-state index contributed by atoms with van der Waals surface area (Å²) in [7, 11) is 3.67. The van der Waals surface area contributed by atoms with Crippen LogP contribution in [0.5, 0.6) is 5.75 Å². The minimum absolute atomic E-state index is 0.250. The van der Waals surface area contributed by atoms with Crippen LogP contribution in [0.3, 0.4) is 0 Å². The molecule has 0 bridgehead atoms. The number of alkyl halides is 1. The Morgan fingerprint density at radius 3 is 2.31 bits per heavy atom. The first-order valence-corrected chi connectivity index (χ1v) is 13.2. The van der Waals surface area contributed by atoms with Crippen molar-refractivity contribution in [2.45, 2.75) is 60.6 Å². The number of nitrogens with zero attached hydrogens (tertiary/aromatic N) is 1. The molecule has 0 aliphatic rings. The molecule has 0 radical (unpaired) electrons. The topological polar surface area (TPSA) is 71.5 Å². The number of benzene rings is 2. The molecule has 1 aromatic heterocycles. The Labute approximate surface area is 233 Å². The average Bonchev–Trinajstić information content (AvgIpc) is 2.98. The van der Waals surface area contributed by atoms with Gasteiger partial charge in [0, 0.05) is 24.3 Å². The van der Waals surface area contributed by atoms with Crippen LogP contribution >= 0.6 is 0 Å². The number of aryl methyl sites for hydroxylation is 2. The smallest absolute Gasteiger partial charge is 0.290 e. The molecule has 5 nitrogen and oxygen atoms in total. The Balaban J connectivity index is 0.000000483. The van der Waals surface area contributed by atoms with E-state index in [0.29, 0.717) is 0 Å². The second-order valence-electron chi connectivity index (χ2n) is 8.86. The fourth-order valence-electron chi connectivity index (χ4n) is 3.86. The lowest BCUT2D eigenvalue weighted by molar-refractivity contribution is -0.122. The molecule has 0 saturated heterocycles. The van der Waals surface area contributed by atoms with Crippen LogP contribution in [0, 0.1) is 0 Å². The molecule has 0 unspecified atom stereocenters. The molecule has 3 rings (SSSR count). The maximum atomic E-state index is 12.0. The van der Waals surface area contributed by atoms with Gasteiger partial charge in [-0.15, -0.1) is 0 Å². The van der Waals surface area contributed by atoms with Crippen molar-refractivity contribution in [2.24, 2.45) is 0 Å². The molecule has 6 heteroatoms. The fourth-order valence-corrected chi connectivity index (χ4v) is 3.86. The Bertz CT molecular complexity index is 1260. The lowest BCUT2D eigenvalue weighted by Crippen LogP contribution is -2.01. The summed E-state index contributed by atoms with van der Waals surface area (Å²) in [6.07, 6.45) is 11.2. The summed E-state index contributed by atoms with van der Waals surface area (Å²) in [5.41, 5.74) is 9.19. The quantitative estimate of drug-likeness (QED) is 0.217. The maximum Gasteiger partial charge on any atom is 0.290 e. The summed E-state index contributed by atoms with van der Waals surface area (Å²) < 4.78 is 17.6. The Morgan fingerprint density at radius 2 is 1.74 bits per heavy atom. The number of carbonyl (C=O) groups is 1. The standard InChI is InChI=1S/C23H30N2O.C9H11F.CH2O2/c1-7-16(3)19(10-9-17(4)24-5)13-20-11-12-25-22-14-18(8-2)23(26-6)15-21(20)22;1-2-8-4-3-5-9(6-8)7-10;2-1-3/h7,9-12,14-15,24H,8,13H2,1-6H3;3-6H,2,7H2,1H3;1H,(H,2,3)/b16-7+,17-9+,19-10-;;. The lowest BCUT2D eigenvalue weighted by Gasteiger charge is -2.13. The summed E-state index contributed by atoms with van der Waals surface area (Å²) in [5.74, 6) is 0.938. The van der Waals surface area contributed by atoms with E-state index in [1.165, 1.54) is 27.8 Å². The first-order chi connectivity index (χ1) is 18.8. The third-order valence-corrected chi connectivity index (χ3v) is 6.42. The number of pyridine rings is 1. The highest BCUT2D eigenvalue weighted by atomic mass is 19.1. The van der Waals surface area contributed by atoms with Crippen LogP contribution in [-0.2, 0) is 30.7 Å². The number of rotatable bonds is 9. The molecule has 0 amide bonds. The minimum atomic E-state index is -0.353. The Kier molecular flexibility index (Phi) is 15.6. The van der Waals surface area contributed by atoms with Crippen molar-refractivity contribution < 1.29 is 19.0 Å². The van der Waals surface area contributed by atoms with Gasteiger partial charge in [0.25, 0.3) is 6.47 Å². The highest BCUT2D eigenvalue weighted by Gasteiger charge is 2.10. The van der Waals surface area contributed by atoms with Gasteiger partial charge in [-0.05, 0) is 92.1 Å². The predicted octanol–water partition coefficient (Wildman–Crippen LogP) is 7.78. The van der Waals surface area contributed by atoms with Crippen molar-refractivity contribution in [3.63, 3.8) is 0 Å². The summed E-state index contributed by atoms with van der Waals surface area (Å²) in [6, 6.07) is 14.0. The average molecular weight is 535 g/mol. The molecule has 0 fully saturated rings. The maximum absolute atomic E-state index is 12.0. The molecule has 0 spiro atoms. The van der Waals surface area contributed by atoms with E-state index < -0.39 is 0 Å². The molecule has 0 atom stereocenters.